The van der Waals surface area contributed by atoms with E-state index in [4.69, 9.17) is 33.1 Å². The molecule has 0 bridgehead atoms. The predicted octanol–water partition coefficient (Wildman–Crippen LogP) is 1.37. The van der Waals surface area contributed by atoms with Crippen LogP contribution < -0.4 is 44.2 Å². The number of nitrogens with zero attached hydrogens (tertiary/aromatic N) is 1. The number of unbranched alkanes of at least 4 members (excludes halogenated alkanes) is 1. The number of carbonyl (C=O) groups excluding carboxylic acids is 5. The molecule has 0 aliphatic carbocycles. The van der Waals surface area contributed by atoms with Crippen LogP contribution in [-0.2, 0) is 36.9 Å². The Hall–Kier alpha value is -6.45. The Bertz CT molecular complexity index is 1700. The van der Waals surface area contributed by atoms with Gasteiger partial charge in [0.05, 0.1) is 0 Å². The monoisotopic (exact) mass is 728 g/mol. The van der Waals surface area contributed by atoms with Gasteiger partial charge in [-0.05, 0) is 61.8 Å². The molecule has 13 N–H and O–H groups in total. The van der Waals surface area contributed by atoms with Crippen LogP contribution in [0.15, 0.2) is 89.9 Å². The summed E-state index contributed by atoms with van der Waals surface area (Å²) in [5.41, 5.74) is 24.3. The van der Waals surface area contributed by atoms with Crippen LogP contribution in [0.1, 0.15) is 48.8 Å². The number of guanidine groups is 1. The molecule has 0 aromatic heterocycles. The summed E-state index contributed by atoms with van der Waals surface area (Å²) in [4.78, 5) is 69.5. The number of carbonyl (C=O) groups is 5. The number of alkyl carbamates (subject to hydrolysis) is 1. The summed E-state index contributed by atoms with van der Waals surface area (Å²) in [7, 11) is 0. The molecule has 0 saturated carbocycles. The molecular formula is C37H48N10O6. The fourth-order valence-corrected chi connectivity index (χ4v) is 5.15. The number of amides is 5. The van der Waals surface area contributed by atoms with Crippen molar-refractivity contribution in [1.29, 1.82) is 5.41 Å². The van der Waals surface area contributed by atoms with Crippen molar-refractivity contribution >= 4 is 47.2 Å². The summed E-state index contributed by atoms with van der Waals surface area (Å²) in [5, 5.41) is 18.4. The molecule has 0 aliphatic rings. The number of nitrogen functional groups attached to an aromatic ring is 1. The van der Waals surface area contributed by atoms with Crippen LogP contribution in [0.2, 0.25) is 0 Å². The summed E-state index contributed by atoms with van der Waals surface area (Å²) in [6.07, 6.45) is 0.684. The minimum atomic E-state index is -1.29. The zero-order valence-electron chi connectivity index (χ0n) is 29.4. The maximum absolute atomic E-state index is 13.9. The molecule has 0 spiro atoms. The van der Waals surface area contributed by atoms with Gasteiger partial charge in [0.1, 0.15) is 30.4 Å². The third-order valence-corrected chi connectivity index (χ3v) is 8.02. The van der Waals surface area contributed by atoms with Crippen molar-refractivity contribution in [3.8, 4) is 0 Å². The Morgan fingerprint density at radius 1 is 0.698 bits per heavy atom. The molecule has 3 aromatic carbocycles. The molecule has 53 heavy (non-hydrogen) atoms. The van der Waals surface area contributed by atoms with Crippen LogP contribution >= 0.6 is 0 Å². The summed E-state index contributed by atoms with van der Waals surface area (Å²) >= 11 is 0. The molecule has 0 aliphatic heterocycles. The Morgan fingerprint density at radius 2 is 1.32 bits per heavy atom. The summed E-state index contributed by atoms with van der Waals surface area (Å²) in [6.45, 7) is 0.533. The highest BCUT2D eigenvalue weighted by atomic mass is 16.5. The van der Waals surface area contributed by atoms with Gasteiger partial charge in [0.2, 0.25) is 23.6 Å². The van der Waals surface area contributed by atoms with Crippen molar-refractivity contribution in [2.75, 3.05) is 18.4 Å². The highest BCUT2D eigenvalue weighted by molar-refractivity contribution is 6.07. The zero-order chi connectivity index (χ0) is 38.6. The topological polar surface area (TPSA) is 283 Å². The summed E-state index contributed by atoms with van der Waals surface area (Å²) in [5.74, 6) is -4.37. The van der Waals surface area contributed by atoms with Crippen molar-refractivity contribution in [2.24, 2.45) is 33.8 Å². The molecule has 0 heterocycles. The molecule has 5 amide bonds. The van der Waals surface area contributed by atoms with Crippen LogP contribution in [0, 0.1) is 11.3 Å². The third kappa shape index (κ3) is 15.1. The first-order valence-electron chi connectivity index (χ1n) is 17.1. The van der Waals surface area contributed by atoms with E-state index >= 15 is 0 Å². The number of aliphatic imine (C=N–C) groups is 1. The second-order valence-corrected chi connectivity index (χ2v) is 12.2. The van der Waals surface area contributed by atoms with Gasteiger partial charge in [-0.25, -0.2) is 4.79 Å². The summed E-state index contributed by atoms with van der Waals surface area (Å²) in [6, 6.07) is 22.1. The van der Waals surface area contributed by atoms with Gasteiger partial charge in [0, 0.05) is 24.3 Å². The minimum absolute atomic E-state index is 0.0409. The van der Waals surface area contributed by atoms with E-state index in [1.807, 2.05) is 30.3 Å². The lowest BCUT2D eigenvalue weighted by Crippen LogP contribution is -2.54. The van der Waals surface area contributed by atoms with E-state index in [0.29, 0.717) is 36.1 Å². The fourth-order valence-electron chi connectivity index (χ4n) is 5.15. The first-order chi connectivity index (χ1) is 25.4. The second kappa shape index (κ2) is 21.7. The summed E-state index contributed by atoms with van der Waals surface area (Å²) < 4.78 is 5.23. The number of primary amides is 1. The normalized spacial score (nSPS) is 12.2. The van der Waals surface area contributed by atoms with E-state index in [1.54, 1.807) is 54.6 Å². The van der Waals surface area contributed by atoms with Gasteiger partial charge < -0.3 is 48.9 Å². The predicted molar refractivity (Wildman–Crippen MR) is 201 cm³/mol. The lowest BCUT2D eigenvalue weighted by Gasteiger charge is -2.24. The van der Waals surface area contributed by atoms with Crippen LogP contribution in [0.25, 0.3) is 0 Å². The second-order valence-electron chi connectivity index (χ2n) is 12.2. The molecule has 16 heteroatoms. The van der Waals surface area contributed by atoms with E-state index < -0.39 is 47.7 Å². The molecule has 16 nitrogen and oxygen atoms in total. The van der Waals surface area contributed by atoms with E-state index in [-0.39, 0.29) is 50.8 Å². The number of benzene rings is 3. The number of nitrogens with two attached hydrogens (primary N) is 4. The van der Waals surface area contributed by atoms with Gasteiger partial charge in [0.25, 0.3) is 0 Å². The lowest BCUT2D eigenvalue weighted by molar-refractivity contribution is -0.136. The largest absolute Gasteiger partial charge is 0.445 e. The van der Waals surface area contributed by atoms with Crippen LogP contribution in [0.5, 0.6) is 0 Å². The maximum atomic E-state index is 13.9. The molecular weight excluding hydrogens is 680 g/mol. The van der Waals surface area contributed by atoms with Crippen molar-refractivity contribution in [1.82, 2.24) is 16.0 Å². The Balaban J connectivity index is 1.74. The van der Waals surface area contributed by atoms with Gasteiger partial charge in [0.15, 0.2) is 5.96 Å². The van der Waals surface area contributed by atoms with Crippen molar-refractivity contribution < 1.29 is 28.7 Å². The number of ether oxygens (including phenoxy) is 1. The molecule has 3 aromatic rings. The average molecular weight is 729 g/mol. The number of hydrogen-bond donors (Lipinski definition) is 9. The number of anilines is 1. The zero-order valence-corrected chi connectivity index (χ0v) is 29.4. The van der Waals surface area contributed by atoms with E-state index in [2.05, 4.69) is 26.3 Å². The molecule has 0 fully saturated rings. The van der Waals surface area contributed by atoms with Crippen LogP contribution in [0.4, 0.5) is 10.5 Å². The smallest absolute Gasteiger partial charge is 0.407 e. The van der Waals surface area contributed by atoms with Gasteiger partial charge in [-0.1, -0.05) is 72.8 Å². The van der Waals surface area contributed by atoms with Crippen LogP contribution in [0.3, 0.4) is 0 Å². The van der Waals surface area contributed by atoms with Crippen molar-refractivity contribution in [3.63, 3.8) is 0 Å². The number of amidine groups is 1. The quantitative estimate of drug-likeness (QED) is 0.0331. The average Bonchev–Trinajstić information content (AvgIpc) is 3.14. The highest BCUT2D eigenvalue weighted by Crippen LogP contribution is 2.16. The maximum Gasteiger partial charge on any atom is 0.407 e. The molecule has 3 rings (SSSR count). The lowest BCUT2D eigenvalue weighted by atomic mass is 9.95. The van der Waals surface area contributed by atoms with Gasteiger partial charge in [-0.2, -0.15) is 0 Å². The Morgan fingerprint density at radius 3 is 1.94 bits per heavy atom. The van der Waals surface area contributed by atoms with E-state index in [0.717, 1.165) is 5.56 Å². The molecule has 0 saturated heterocycles. The Labute approximate surface area is 308 Å². The van der Waals surface area contributed by atoms with E-state index in [1.165, 1.54) is 0 Å². The number of nitrogens with one attached hydrogen (secondary N) is 5. The first-order valence-corrected chi connectivity index (χ1v) is 17.1. The van der Waals surface area contributed by atoms with Crippen molar-refractivity contribution in [2.45, 2.75) is 57.2 Å². The SMILES string of the molecule is N=C(N)c1ccc(CC(C(=O)Nc2ccccc2)C(=O)N[C@@H](CCCCNC(=O)OCc2ccccc2)C(=O)N[C@@H](CCCN=C(N)N)C(N)=O)cc1. The molecule has 1 unspecified atom stereocenters. The van der Waals surface area contributed by atoms with Crippen LogP contribution in [-0.4, -0.2) is 66.7 Å². The Kier molecular flexibility index (Phi) is 16.8. The first kappa shape index (κ1) is 41.0. The minimum Gasteiger partial charge on any atom is -0.445 e. The van der Waals surface area contributed by atoms with Gasteiger partial charge in [-0.15, -0.1) is 0 Å². The van der Waals surface area contributed by atoms with Crippen molar-refractivity contribution in [3.05, 3.63) is 102 Å². The third-order valence-electron chi connectivity index (χ3n) is 8.02. The van der Waals surface area contributed by atoms with Gasteiger partial charge >= 0.3 is 6.09 Å². The highest BCUT2D eigenvalue weighted by Gasteiger charge is 2.32. The molecule has 0 radical (unpaired) electrons. The van der Waals surface area contributed by atoms with Gasteiger partial charge in [-0.3, -0.25) is 29.6 Å². The molecule has 282 valence electrons. The standard InChI is InChI=1S/C37H48N10O6/c38-31(39)26-18-16-24(17-19-26)22-28(33(49)45-27-12-5-2-6-13-27)34(50)47-30(35(51)46-29(32(40)48)15-9-21-43-36(41)42)14-7-8-20-44-37(52)53-23-25-10-3-1-4-11-25/h1-6,10-13,16-19,28-30H,7-9,14-15,20-23H2,(H3,38,39)(H2,40,48)(H,44,52)(H,45,49)(H,46,51)(H,47,50)(H4,41,42,43)/t28?,29-,30-/m0/s1. The number of rotatable bonds is 21. The fraction of sp³-hybridized carbons (Fsp3) is 0.324. The number of hydrogen-bond acceptors (Lipinski definition) is 8. The molecule has 3 atom stereocenters. The van der Waals surface area contributed by atoms with E-state index in [9.17, 15) is 24.0 Å². The number of para-hydroxylation sites is 1.